The van der Waals surface area contributed by atoms with Crippen LogP contribution in [-0.4, -0.2) is 21.0 Å². The topological polar surface area (TPSA) is 104 Å². The number of thiazole rings is 1. The third-order valence-corrected chi connectivity index (χ3v) is 6.70. The summed E-state index contributed by atoms with van der Waals surface area (Å²) in [5, 5.41) is 10.9. The van der Waals surface area contributed by atoms with E-state index in [9.17, 15) is 19.7 Å². The van der Waals surface area contributed by atoms with Gasteiger partial charge in [-0.15, -0.1) is 0 Å². The van der Waals surface area contributed by atoms with Gasteiger partial charge in [0.1, 0.15) is 17.5 Å². The van der Waals surface area contributed by atoms with Gasteiger partial charge in [0, 0.05) is 17.7 Å². The Morgan fingerprint density at radius 2 is 1.97 bits per heavy atom. The van der Waals surface area contributed by atoms with Crippen LogP contribution in [0.25, 0.3) is 6.08 Å². The SMILES string of the molecule is CC(=O)[C@@H]1[C@H]2c3ccccc3O[C@@]1(C)N=c1s/c(=C\c3ccc([N+](=O)[O-])cc3)c(=O)n12. The van der Waals surface area contributed by atoms with Crippen LogP contribution in [0.2, 0.25) is 0 Å². The van der Waals surface area contributed by atoms with Crippen molar-refractivity contribution >= 4 is 28.9 Å². The predicted octanol–water partition coefficient (Wildman–Crippen LogP) is 2.18. The van der Waals surface area contributed by atoms with E-state index in [1.807, 2.05) is 24.3 Å². The summed E-state index contributed by atoms with van der Waals surface area (Å²) in [6.45, 7) is 3.27. The van der Waals surface area contributed by atoms with Crippen LogP contribution in [-0.2, 0) is 4.79 Å². The van der Waals surface area contributed by atoms with Crippen molar-refractivity contribution in [1.82, 2.24) is 4.57 Å². The Bertz CT molecular complexity index is 1420. The molecule has 2 bridgehead atoms. The molecule has 0 spiro atoms. The van der Waals surface area contributed by atoms with Gasteiger partial charge in [-0.1, -0.05) is 29.5 Å². The number of carbonyl (C=O) groups excluding carboxylic acids is 1. The molecule has 0 N–H and O–H groups in total. The lowest BCUT2D eigenvalue weighted by atomic mass is 9.79. The van der Waals surface area contributed by atoms with Crippen LogP contribution in [0.1, 0.15) is 31.0 Å². The van der Waals surface area contributed by atoms with Crippen molar-refractivity contribution in [3.8, 4) is 5.75 Å². The van der Waals surface area contributed by atoms with Crippen LogP contribution in [0.5, 0.6) is 5.75 Å². The molecule has 2 aromatic carbocycles. The first-order valence-electron chi connectivity index (χ1n) is 9.64. The molecule has 5 rings (SSSR count). The van der Waals surface area contributed by atoms with Gasteiger partial charge >= 0.3 is 0 Å². The summed E-state index contributed by atoms with van der Waals surface area (Å²) in [4.78, 5) is 41.6. The van der Waals surface area contributed by atoms with E-state index in [4.69, 9.17) is 4.74 Å². The first-order chi connectivity index (χ1) is 14.8. The molecule has 9 heteroatoms. The average molecular weight is 435 g/mol. The number of rotatable bonds is 3. The summed E-state index contributed by atoms with van der Waals surface area (Å²) in [7, 11) is 0. The van der Waals surface area contributed by atoms with Gasteiger partial charge in [0.2, 0.25) is 5.72 Å². The fraction of sp³-hybridized carbons (Fsp3) is 0.227. The second kappa shape index (κ2) is 6.71. The third kappa shape index (κ3) is 2.92. The predicted molar refractivity (Wildman–Crippen MR) is 114 cm³/mol. The summed E-state index contributed by atoms with van der Waals surface area (Å²) in [5.74, 6) is -0.120. The first-order valence-corrected chi connectivity index (χ1v) is 10.5. The van der Waals surface area contributed by atoms with Crippen molar-refractivity contribution in [2.24, 2.45) is 10.9 Å². The van der Waals surface area contributed by atoms with Crippen LogP contribution in [0, 0.1) is 16.0 Å². The van der Waals surface area contributed by atoms with Crippen LogP contribution in [0.3, 0.4) is 0 Å². The molecule has 8 nitrogen and oxygen atoms in total. The molecule has 1 aromatic heterocycles. The van der Waals surface area contributed by atoms with Crippen molar-refractivity contribution in [3.05, 3.63) is 89.5 Å². The maximum atomic E-state index is 13.4. The first kappa shape index (κ1) is 19.4. The Balaban J connectivity index is 1.74. The number of hydrogen-bond donors (Lipinski definition) is 0. The molecule has 0 saturated carbocycles. The summed E-state index contributed by atoms with van der Waals surface area (Å²) >= 11 is 1.21. The minimum absolute atomic E-state index is 0.0193. The number of nitrogens with zero attached hydrogens (tertiary/aromatic N) is 3. The molecular weight excluding hydrogens is 418 g/mol. The number of ketones is 1. The van der Waals surface area contributed by atoms with Crippen LogP contribution >= 0.6 is 11.3 Å². The number of non-ortho nitro benzene ring substituents is 1. The van der Waals surface area contributed by atoms with E-state index in [0.717, 1.165) is 5.56 Å². The van der Waals surface area contributed by atoms with Crippen molar-refractivity contribution in [2.75, 3.05) is 0 Å². The number of aromatic nitrogens is 1. The molecule has 3 aromatic rings. The van der Waals surface area contributed by atoms with Gasteiger partial charge in [-0.3, -0.25) is 24.3 Å². The molecule has 0 aliphatic carbocycles. The van der Waals surface area contributed by atoms with Gasteiger partial charge in [-0.2, -0.15) is 0 Å². The minimum atomic E-state index is -1.10. The number of hydrogen-bond acceptors (Lipinski definition) is 7. The number of carbonyl (C=O) groups is 1. The zero-order valence-electron chi connectivity index (χ0n) is 16.6. The highest BCUT2D eigenvalue weighted by Gasteiger charge is 2.53. The number of nitro groups is 1. The van der Waals surface area contributed by atoms with Crippen LogP contribution in [0.4, 0.5) is 5.69 Å². The second-order valence-corrected chi connectivity index (χ2v) is 8.77. The van der Waals surface area contributed by atoms with Gasteiger partial charge < -0.3 is 4.74 Å². The highest BCUT2D eigenvalue weighted by atomic mass is 32.1. The molecule has 2 aliphatic heterocycles. The molecule has 3 heterocycles. The van der Waals surface area contributed by atoms with Crippen molar-refractivity contribution in [1.29, 1.82) is 0 Å². The molecular formula is C22H17N3O5S. The summed E-state index contributed by atoms with van der Waals surface area (Å²) in [6.07, 6.45) is 1.68. The maximum Gasteiger partial charge on any atom is 0.270 e. The normalized spacial score (nSPS) is 23.9. The van der Waals surface area contributed by atoms with E-state index in [0.29, 0.717) is 20.6 Å². The molecule has 0 fully saturated rings. The average Bonchev–Trinajstić information content (AvgIpc) is 3.01. The third-order valence-electron chi connectivity index (χ3n) is 5.72. The molecule has 0 amide bonds. The number of nitro benzene ring substituents is 1. The number of ether oxygens (including phenoxy) is 1. The van der Waals surface area contributed by atoms with Gasteiger partial charge in [-0.05, 0) is 43.7 Å². The van der Waals surface area contributed by atoms with Crippen LogP contribution < -0.4 is 19.6 Å². The van der Waals surface area contributed by atoms with Crippen molar-refractivity contribution < 1.29 is 14.5 Å². The quantitative estimate of drug-likeness (QED) is 0.463. The fourth-order valence-corrected chi connectivity index (χ4v) is 5.50. The molecule has 2 aliphatic rings. The number of benzene rings is 2. The highest BCUT2D eigenvalue weighted by molar-refractivity contribution is 7.07. The Kier molecular flexibility index (Phi) is 4.19. The van der Waals surface area contributed by atoms with E-state index < -0.39 is 22.6 Å². The minimum Gasteiger partial charge on any atom is -0.465 e. The smallest absolute Gasteiger partial charge is 0.270 e. The molecule has 31 heavy (non-hydrogen) atoms. The number of Topliss-reactive ketones (excluding diaryl/α,β-unsaturated/α-hetero) is 1. The molecule has 0 radical (unpaired) electrons. The molecule has 0 saturated heterocycles. The largest absolute Gasteiger partial charge is 0.465 e. The lowest BCUT2D eigenvalue weighted by molar-refractivity contribution is -0.384. The van der Waals surface area contributed by atoms with Gasteiger partial charge in [0.15, 0.2) is 4.80 Å². The van der Waals surface area contributed by atoms with E-state index in [1.54, 1.807) is 29.7 Å². The van der Waals surface area contributed by atoms with Gasteiger partial charge in [-0.25, -0.2) is 4.99 Å². The number of para-hydroxylation sites is 1. The van der Waals surface area contributed by atoms with Gasteiger partial charge in [0.05, 0.1) is 15.5 Å². The summed E-state index contributed by atoms with van der Waals surface area (Å²) in [6, 6.07) is 12.8. The van der Waals surface area contributed by atoms with E-state index in [2.05, 4.69) is 4.99 Å². The zero-order valence-corrected chi connectivity index (χ0v) is 17.5. The lowest BCUT2D eigenvalue weighted by Gasteiger charge is -2.45. The molecule has 0 unspecified atom stereocenters. The van der Waals surface area contributed by atoms with Crippen LogP contribution in [0.15, 0.2) is 58.3 Å². The molecule has 3 atom stereocenters. The summed E-state index contributed by atoms with van der Waals surface area (Å²) < 4.78 is 8.17. The van der Waals surface area contributed by atoms with Crippen molar-refractivity contribution in [3.63, 3.8) is 0 Å². The molecule has 156 valence electrons. The Hall–Kier alpha value is -3.59. The van der Waals surface area contributed by atoms with Crippen molar-refractivity contribution in [2.45, 2.75) is 25.6 Å². The Morgan fingerprint density at radius 3 is 2.65 bits per heavy atom. The highest BCUT2D eigenvalue weighted by Crippen LogP contribution is 2.47. The Morgan fingerprint density at radius 1 is 1.26 bits per heavy atom. The fourth-order valence-electron chi connectivity index (χ4n) is 4.40. The standard InChI is InChI=1S/C22H17N3O5S/c1-12(26)18-19-15-5-3-4-6-16(15)30-22(18,2)23-21-24(19)20(27)17(31-21)11-13-7-9-14(10-8-13)25(28)29/h3-11,18-19H,1-2H3/b17-11-/t18-,19-,22-/m1/s1. The van der Waals surface area contributed by atoms with E-state index >= 15 is 0 Å². The van der Waals surface area contributed by atoms with E-state index in [-0.39, 0.29) is 17.0 Å². The second-order valence-electron chi connectivity index (χ2n) is 7.76. The number of fused-ring (bicyclic) bond motifs is 6. The monoisotopic (exact) mass is 435 g/mol. The van der Waals surface area contributed by atoms with E-state index in [1.165, 1.54) is 30.4 Å². The Labute approximate surface area is 179 Å². The lowest BCUT2D eigenvalue weighted by Crippen LogP contribution is -2.58. The maximum absolute atomic E-state index is 13.4. The zero-order chi connectivity index (χ0) is 21.9. The summed E-state index contributed by atoms with van der Waals surface area (Å²) in [5.41, 5.74) is 0.0625. The van der Waals surface area contributed by atoms with Gasteiger partial charge in [0.25, 0.3) is 11.2 Å².